The van der Waals surface area contributed by atoms with Gasteiger partial charge in [-0.05, 0) is 34.5 Å². The fourth-order valence-electron chi connectivity index (χ4n) is 4.54. The highest BCUT2D eigenvalue weighted by Gasteiger charge is 2.64. The number of carbonyl (C=O) groups excluding carboxylic acids is 2. The third kappa shape index (κ3) is 1.97. The molecule has 1 aromatic heterocycles. The number of aromatic nitrogens is 1. The number of hydrogen-bond acceptors (Lipinski definition) is 3. The normalized spacial score (nSPS) is 33.9. The van der Waals surface area contributed by atoms with Gasteiger partial charge in [0.25, 0.3) is 5.91 Å². The predicted molar refractivity (Wildman–Crippen MR) is 91.4 cm³/mol. The van der Waals surface area contributed by atoms with Crippen molar-refractivity contribution in [1.82, 2.24) is 14.8 Å². The lowest BCUT2D eigenvalue weighted by Crippen LogP contribution is -2.51. The summed E-state index contributed by atoms with van der Waals surface area (Å²) >= 11 is 3.55. The molecule has 1 saturated carbocycles. The minimum absolute atomic E-state index is 0.0452. The lowest BCUT2D eigenvalue weighted by Gasteiger charge is -2.36. The zero-order valence-electron chi connectivity index (χ0n) is 13.5. The molecule has 0 radical (unpaired) electrons. The van der Waals surface area contributed by atoms with Crippen LogP contribution in [0.15, 0.2) is 29.4 Å². The predicted octanol–water partition coefficient (Wildman–Crippen LogP) is 2.07. The van der Waals surface area contributed by atoms with Crippen molar-refractivity contribution in [2.24, 2.45) is 5.92 Å². The lowest BCUT2D eigenvalue weighted by atomic mass is 9.95. The van der Waals surface area contributed by atoms with Gasteiger partial charge in [-0.15, -0.1) is 6.58 Å². The standard InChI is InChI=1S/C17H20BrN3O3/c1-3-4-7-24-17-9-12-15(10(17)8-14(22)20(17)2)19-16(23)11-5-6-13(18)21(11)12/h3,5-6,10,12,15H,1,4,7-9H2,2H3,(H,19,23)/t10-,12+,15-,17-/m0/s1. The van der Waals surface area contributed by atoms with E-state index in [0.29, 0.717) is 25.1 Å². The topological polar surface area (TPSA) is 63.6 Å². The molecule has 2 aliphatic heterocycles. The van der Waals surface area contributed by atoms with E-state index < -0.39 is 5.72 Å². The number of fused-ring (bicyclic) bond motifs is 5. The first-order valence-corrected chi connectivity index (χ1v) is 8.98. The molecule has 3 heterocycles. The maximum absolute atomic E-state index is 12.5. The number of carbonyl (C=O) groups is 2. The molecule has 3 aliphatic rings. The molecule has 2 fully saturated rings. The van der Waals surface area contributed by atoms with Crippen LogP contribution in [0.25, 0.3) is 0 Å². The largest absolute Gasteiger partial charge is 0.355 e. The summed E-state index contributed by atoms with van der Waals surface area (Å²) in [5, 5.41) is 3.12. The molecule has 6 nitrogen and oxygen atoms in total. The molecule has 0 spiro atoms. The van der Waals surface area contributed by atoms with Gasteiger partial charge in [-0.2, -0.15) is 0 Å². The van der Waals surface area contributed by atoms with Gasteiger partial charge in [0.15, 0.2) is 0 Å². The van der Waals surface area contributed by atoms with Crippen LogP contribution in [0.4, 0.5) is 0 Å². The van der Waals surface area contributed by atoms with Gasteiger partial charge in [0.1, 0.15) is 11.4 Å². The van der Waals surface area contributed by atoms with Crippen LogP contribution >= 0.6 is 15.9 Å². The van der Waals surface area contributed by atoms with Crippen molar-refractivity contribution in [3.05, 3.63) is 35.1 Å². The molecule has 24 heavy (non-hydrogen) atoms. The van der Waals surface area contributed by atoms with Gasteiger partial charge in [-0.25, -0.2) is 0 Å². The van der Waals surface area contributed by atoms with Crippen LogP contribution in [0.1, 0.15) is 35.8 Å². The average molecular weight is 394 g/mol. The maximum atomic E-state index is 12.5. The highest BCUT2D eigenvalue weighted by atomic mass is 79.9. The Morgan fingerprint density at radius 2 is 2.29 bits per heavy atom. The van der Waals surface area contributed by atoms with Crippen molar-refractivity contribution in [3.8, 4) is 0 Å². The Hall–Kier alpha value is -1.60. The van der Waals surface area contributed by atoms with Crippen LogP contribution in [0.5, 0.6) is 0 Å². The molecule has 0 bridgehead atoms. The first-order valence-electron chi connectivity index (χ1n) is 8.18. The van der Waals surface area contributed by atoms with E-state index in [0.717, 1.165) is 11.0 Å². The van der Waals surface area contributed by atoms with Crippen LogP contribution in [0.2, 0.25) is 0 Å². The Labute approximate surface area is 149 Å². The Balaban J connectivity index is 1.74. The Morgan fingerprint density at radius 1 is 1.50 bits per heavy atom. The number of amides is 2. The van der Waals surface area contributed by atoms with Gasteiger partial charge in [-0.1, -0.05) is 6.08 Å². The minimum atomic E-state index is -0.659. The van der Waals surface area contributed by atoms with Gasteiger partial charge in [0.2, 0.25) is 5.91 Å². The monoisotopic (exact) mass is 393 g/mol. The van der Waals surface area contributed by atoms with Gasteiger partial charge in [0.05, 0.1) is 23.3 Å². The van der Waals surface area contributed by atoms with E-state index in [1.54, 1.807) is 11.9 Å². The maximum Gasteiger partial charge on any atom is 0.268 e. The zero-order valence-corrected chi connectivity index (χ0v) is 15.1. The molecule has 4 atom stereocenters. The SMILES string of the molecule is C=CCCO[C@@]12C[C@@H]3[C@@H](NC(=O)c4ccc(Br)n43)[C@@H]1CC(=O)N2C. The first-order chi connectivity index (χ1) is 11.5. The zero-order chi connectivity index (χ0) is 17.1. The number of halogens is 1. The molecule has 128 valence electrons. The average Bonchev–Trinajstić information content (AvgIpc) is 3.15. The third-order valence-electron chi connectivity index (χ3n) is 5.67. The summed E-state index contributed by atoms with van der Waals surface area (Å²) in [7, 11) is 1.81. The number of hydrogen-bond donors (Lipinski definition) is 1. The van der Waals surface area contributed by atoms with Crippen LogP contribution in [0.3, 0.4) is 0 Å². The number of nitrogens with zero attached hydrogens (tertiary/aromatic N) is 2. The summed E-state index contributed by atoms with van der Waals surface area (Å²) < 4.78 is 9.18. The van der Waals surface area contributed by atoms with Crippen LogP contribution in [-0.4, -0.2) is 46.7 Å². The van der Waals surface area contributed by atoms with Gasteiger partial charge >= 0.3 is 0 Å². The van der Waals surface area contributed by atoms with Crippen LogP contribution < -0.4 is 5.32 Å². The molecule has 1 N–H and O–H groups in total. The summed E-state index contributed by atoms with van der Waals surface area (Å²) in [6.07, 6.45) is 3.62. The van der Waals surface area contributed by atoms with Crippen molar-refractivity contribution in [3.63, 3.8) is 0 Å². The Bertz CT molecular complexity index is 731. The molecule has 1 aromatic rings. The molecule has 0 aromatic carbocycles. The lowest BCUT2D eigenvalue weighted by molar-refractivity contribution is -0.160. The quantitative estimate of drug-likeness (QED) is 0.628. The number of likely N-dealkylation sites (tertiary alicyclic amines) is 1. The van der Waals surface area contributed by atoms with E-state index in [1.807, 2.05) is 22.8 Å². The second-order valence-corrected chi connectivity index (χ2v) is 7.53. The molecule has 1 aliphatic carbocycles. The molecule has 0 unspecified atom stereocenters. The summed E-state index contributed by atoms with van der Waals surface area (Å²) in [5.74, 6) is -0.0641. The summed E-state index contributed by atoms with van der Waals surface area (Å²) in [6.45, 7) is 4.25. The Kier molecular flexibility index (Phi) is 3.61. The molecule has 7 heteroatoms. The third-order valence-corrected chi connectivity index (χ3v) is 6.32. The minimum Gasteiger partial charge on any atom is -0.355 e. The first kappa shape index (κ1) is 15.9. The molecular formula is C17H20BrN3O3. The summed E-state index contributed by atoms with van der Waals surface area (Å²) in [5.41, 5.74) is -0.00748. The highest BCUT2D eigenvalue weighted by Crippen LogP contribution is 2.54. The van der Waals surface area contributed by atoms with Crippen molar-refractivity contribution in [2.75, 3.05) is 13.7 Å². The van der Waals surface area contributed by atoms with Crippen molar-refractivity contribution < 1.29 is 14.3 Å². The summed E-state index contributed by atoms with van der Waals surface area (Å²) in [4.78, 5) is 26.5. The van der Waals surface area contributed by atoms with Gasteiger partial charge in [0, 0.05) is 25.8 Å². The van der Waals surface area contributed by atoms with E-state index in [2.05, 4.69) is 27.8 Å². The van der Waals surface area contributed by atoms with E-state index in [-0.39, 0.29) is 29.8 Å². The van der Waals surface area contributed by atoms with Gasteiger partial charge in [-0.3, -0.25) is 9.59 Å². The summed E-state index contributed by atoms with van der Waals surface area (Å²) in [6, 6.07) is 3.69. The van der Waals surface area contributed by atoms with Gasteiger partial charge < -0.3 is 19.5 Å². The second-order valence-electron chi connectivity index (χ2n) is 6.72. The smallest absolute Gasteiger partial charge is 0.268 e. The number of nitrogens with one attached hydrogen (secondary N) is 1. The number of ether oxygens (including phenoxy) is 1. The molecular weight excluding hydrogens is 374 g/mol. The fourth-order valence-corrected chi connectivity index (χ4v) is 5.12. The van der Waals surface area contributed by atoms with E-state index >= 15 is 0 Å². The fraction of sp³-hybridized carbons (Fsp3) is 0.529. The van der Waals surface area contributed by atoms with E-state index in [4.69, 9.17) is 4.74 Å². The van der Waals surface area contributed by atoms with Crippen molar-refractivity contribution in [2.45, 2.75) is 37.1 Å². The molecule has 1 saturated heterocycles. The van der Waals surface area contributed by atoms with Crippen LogP contribution in [-0.2, 0) is 9.53 Å². The Morgan fingerprint density at radius 3 is 3.04 bits per heavy atom. The molecule has 2 amide bonds. The number of rotatable bonds is 4. The van der Waals surface area contributed by atoms with Crippen LogP contribution in [0, 0.1) is 5.92 Å². The van der Waals surface area contributed by atoms with Crippen molar-refractivity contribution >= 4 is 27.7 Å². The molecule has 4 rings (SSSR count). The highest BCUT2D eigenvalue weighted by molar-refractivity contribution is 9.10. The second kappa shape index (κ2) is 5.46. The van der Waals surface area contributed by atoms with Crippen molar-refractivity contribution in [1.29, 1.82) is 0 Å². The van der Waals surface area contributed by atoms with E-state index in [9.17, 15) is 9.59 Å². The van der Waals surface area contributed by atoms with E-state index in [1.165, 1.54) is 0 Å².